The lowest BCUT2D eigenvalue weighted by Gasteiger charge is -2.32. The number of hydrogen-bond acceptors (Lipinski definition) is 10. The summed E-state index contributed by atoms with van der Waals surface area (Å²) in [5.74, 6) is 7.01. The van der Waals surface area contributed by atoms with Gasteiger partial charge in [-0.05, 0) is 20.0 Å². The molecule has 1 aliphatic heterocycles. The smallest absolute Gasteiger partial charge is 0.237 e. The molecule has 1 aliphatic rings. The molecule has 0 spiro atoms. The van der Waals surface area contributed by atoms with Gasteiger partial charge >= 0.3 is 0 Å². The van der Waals surface area contributed by atoms with Crippen LogP contribution in [0.4, 0.5) is 11.6 Å². The van der Waals surface area contributed by atoms with Gasteiger partial charge in [0.25, 0.3) is 0 Å². The number of anilines is 2. The maximum absolute atomic E-state index is 12.3. The Hall–Kier alpha value is -3.72. The summed E-state index contributed by atoms with van der Waals surface area (Å²) >= 11 is 0. The molecule has 0 radical (unpaired) electrons. The number of aldehydes is 1. The lowest BCUT2D eigenvalue weighted by Crippen LogP contribution is -2.48. The molecular weight excluding hydrogens is 464 g/mol. The zero-order valence-electron chi connectivity index (χ0n) is 21.0. The largest absolute Gasteiger partial charge is 0.490 e. The van der Waals surface area contributed by atoms with Crippen molar-refractivity contribution in [1.82, 2.24) is 19.8 Å². The van der Waals surface area contributed by atoms with Crippen LogP contribution < -0.4 is 15.0 Å². The normalized spacial score (nSPS) is 14.6. The number of aliphatic hydroxyl groups is 1. The van der Waals surface area contributed by atoms with Gasteiger partial charge < -0.3 is 29.7 Å². The third-order valence-electron chi connectivity index (χ3n) is 5.66. The third kappa shape index (κ3) is 6.91. The molecule has 2 aromatic rings. The van der Waals surface area contributed by atoms with Gasteiger partial charge in [-0.2, -0.15) is 0 Å². The number of nitrogens with zero attached hydrogens (tertiary/aromatic N) is 5. The number of aromatic nitrogens is 2. The van der Waals surface area contributed by atoms with Crippen molar-refractivity contribution in [3.8, 4) is 17.6 Å². The Morgan fingerprint density at radius 1 is 1.33 bits per heavy atom. The number of nitrogens with one attached hydrogen (secondary N) is 1. The molecule has 36 heavy (non-hydrogen) atoms. The molecule has 1 fully saturated rings. The summed E-state index contributed by atoms with van der Waals surface area (Å²) in [5, 5.41) is 13.6. The van der Waals surface area contributed by atoms with E-state index in [0.29, 0.717) is 67.6 Å². The summed E-state index contributed by atoms with van der Waals surface area (Å²) in [7, 11) is 5.12. The van der Waals surface area contributed by atoms with E-state index in [4.69, 9.17) is 9.47 Å². The summed E-state index contributed by atoms with van der Waals surface area (Å²) in [6.45, 7) is 4.49. The molecule has 192 valence electrons. The predicted molar refractivity (Wildman–Crippen MR) is 135 cm³/mol. The molecule has 1 amide bonds. The number of methoxy groups -OCH3 is 1. The van der Waals surface area contributed by atoms with Crippen molar-refractivity contribution in [1.29, 1.82) is 0 Å². The Morgan fingerprint density at radius 2 is 2.14 bits per heavy atom. The number of pyridine rings is 2. The van der Waals surface area contributed by atoms with E-state index in [9.17, 15) is 14.7 Å². The highest BCUT2D eigenvalue weighted by Crippen LogP contribution is 2.22. The first-order valence-electron chi connectivity index (χ1n) is 11.5. The van der Waals surface area contributed by atoms with Gasteiger partial charge in [0.05, 0.1) is 18.7 Å². The standard InChI is InChI=1S/C25H32N6O5/c1-5-6-18-14-26-22(13-21(18)36-12-11-35-4)28-25(34)30(3)23-8-7-19(20(17-32)27-23)15-31-10-9-29(2)16-24(31)33/h7-8,13-14,17,25,34H,9-12,15-16H2,1-4H3,(H,26,28). The van der Waals surface area contributed by atoms with E-state index in [1.54, 1.807) is 50.4 Å². The third-order valence-corrected chi connectivity index (χ3v) is 5.66. The quantitative estimate of drug-likeness (QED) is 0.200. The molecule has 0 aliphatic carbocycles. The van der Waals surface area contributed by atoms with Crippen LogP contribution in [0.15, 0.2) is 24.4 Å². The average molecular weight is 497 g/mol. The van der Waals surface area contributed by atoms with Crippen LogP contribution in [0.25, 0.3) is 0 Å². The van der Waals surface area contributed by atoms with E-state index in [1.807, 2.05) is 11.9 Å². The fourth-order valence-electron chi connectivity index (χ4n) is 3.58. The number of amides is 1. The minimum absolute atomic E-state index is 0.00965. The zero-order chi connectivity index (χ0) is 26.1. The van der Waals surface area contributed by atoms with Crippen molar-refractivity contribution < 1.29 is 24.2 Å². The number of ether oxygens (including phenoxy) is 2. The summed E-state index contributed by atoms with van der Waals surface area (Å²) in [5.41, 5.74) is 1.48. The number of aliphatic hydroxyl groups excluding tert-OH is 1. The summed E-state index contributed by atoms with van der Waals surface area (Å²) in [4.78, 5) is 37.9. The second-order valence-corrected chi connectivity index (χ2v) is 8.30. The first-order valence-corrected chi connectivity index (χ1v) is 11.5. The van der Waals surface area contributed by atoms with Crippen molar-refractivity contribution in [2.24, 2.45) is 0 Å². The molecule has 0 saturated carbocycles. The van der Waals surface area contributed by atoms with Crippen LogP contribution >= 0.6 is 0 Å². The number of carbonyl (C=O) groups is 2. The molecule has 2 N–H and O–H groups in total. The first kappa shape index (κ1) is 26.9. The van der Waals surface area contributed by atoms with Gasteiger partial charge in [0, 0.05) is 51.6 Å². The van der Waals surface area contributed by atoms with E-state index in [2.05, 4.69) is 27.1 Å². The lowest BCUT2D eigenvalue weighted by molar-refractivity contribution is -0.136. The number of carbonyl (C=O) groups excluding carboxylic acids is 2. The van der Waals surface area contributed by atoms with Crippen LogP contribution in [-0.2, 0) is 16.1 Å². The molecule has 1 saturated heterocycles. The molecule has 1 unspecified atom stereocenters. The number of hydrogen-bond donors (Lipinski definition) is 2. The second-order valence-electron chi connectivity index (χ2n) is 8.30. The van der Waals surface area contributed by atoms with Gasteiger partial charge in [-0.3, -0.25) is 14.5 Å². The monoisotopic (exact) mass is 496 g/mol. The van der Waals surface area contributed by atoms with E-state index in [0.717, 1.165) is 6.54 Å². The van der Waals surface area contributed by atoms with Crippen molar-refractivity contribution in [3.05, 3.63) is 41.2 Å². The maximum Gasteiger partial charge on any atom is 0.237 e. The highest BCUT2D eigenvalue weighted by Gasteiger charge is 2.23. The van der Waals surface area contributed by atoms with Crippen LogP contribution in [0, 0.1) is 11.8 Å². The van der Waals surface area contributed by atoms with Crippen LogP contribution in [0.1, 0.15) is 28.5 Å². The van der Waals surface area contributed by atoms with Gasteiger partial charge in [0.2, 0.25) is 12.3 Å². The number of piperazine rings is 1. The molecule has 1 atom stereocenters. The Balaban J connectivity index is 1.71. The highest BCUT2D eigenvalue weighted by atomic mass is 16.5. The average Bonchev–Trinajstić information content (AvgIpc) is 2.87. The molecule has 3 rings (SSSR count). The van der Waals surface area contributed by atoms with Gasteiger partial charge in [0.15, 0.2) is 6.29 Å². The molecule has 2 aromatic heterocycles. The topological polar surface area (TPSA) is 120 Å². The molecule has 3 heterocycles. The van der Waals surface area contributed by atoms with Crippen LogP contribution in [-0.4, -0.2) is 97.5 Å². The minimum Gasteiger partial charge on any atom is -0.490 e. The number of likely N-dealkylation sites (N-methyl/N-ethyl adjacent to an activating group) is 1. The van der Waals surface area contributed by atoms with E-state index in [1.165, 1.54) is 4.90 Å². The fraction of sp³-hybridized carbons (Fsp3) is 0.440. The van der Waals surface area contributed by atoms with Crippen LogP contribution in [0.3, 0.4) is 0 Å². The van der Waals surface area contributed by atoms with Crippen molar-refractivity contribution in [2.75, 3.05) is 64.3 Å². The Labute approximate surface area is 211 Å². The van der Waals surface area contributed by atoms with E-state index < -0.39 is 6.35 Å². The molecule has 0 aromatic carbocycles. The van der Waals surface area contributed by atoms with E-state index >= 15 is 0 Å². The van der Waals surface area contributed by atoms with Crippen LogP contribution in [0.2, 0.25) is 0 Å². The van der Waals surface area contributed by atoms with Crippen molar-refractivity contribution in [2.45, 2.75) is 19.8 Å². The van der Waals surface area contributed by atoms with E-state index in [-0.39, 0.29) is 11.6 Å². The predicted octanol–water partition coefficient (Wildman–Crippen LogP) is 0.784. The van der Waals surface area contributed by atoms with Gasteiger partial charge in [-0.25, -0.2) is 9.97 Å². The number of rotatable bonds is 11. The zero-order valence-corrected chi connectivity index (χ0v) is 21.0. The molecular formula is C25H32N6O5. The van der Waals surface area contributed by atoms with Gasteiger partial charge in [-0.1, -0.05) is 12.0 Å². The summed E-state index contributed by atoms with van der Waals surface area (Å²) < 4.78 is 10.8. The SMILES string of the molecule is CC#Cc1cnc(NC(O)N(C)c2ccc(CN3CCN(C)CC3=O)c(C=O)n2)cc1OCCOC. The van der Waals surface area contributed by atoms with Gasteiger partial charge in [-0.15, -0.1) is 5.92 Å². The van der Waals surface area contributed by atoms with Crippen molar-refractivity contribution >= 4 is 23.8 Å². The maximum atomic E-state index is 12.3. The van der Waals surface area contributed by atoms with Crippen LogP contribution in [0.5, 0.6) is 5.75 Å². The minimum atomic E-state index is -1.20. The fourth-order valence-corrected chi connectivity index (χ4v) is 3.58. The summed E-state index contributed by atoms with van der Waals surface area (Å²) in [6, 6.07) is 5.09. The summed E-state index contributed by atoms with van der Waals surface area (Å²) in [6.07, 6.45) is 1.01. The molecule has 11 heteroatoms. The van der Waals surface area contributed by atoms with Gasteiger partial charge in [0.1, 0.15) is 29.7 Å². The first-order chi connectivity index (χ1) is 17.4. The van der Waals surface area contributed by atoms with Crippen molar-refractivity contribution in [3.63, 3.8) is 0 Å². The highest BCUT2D eigenvalue weighted by molar-refractivity contribution is 5.80. The molecule has 0 bridgehead atoms. The Bertz CT molecular complexity index is 1130. The lowest BCUT2D eigenvalue weighted by atomic mass is 10.1. The Kier molecular flexibility index (Phi) is 9.58. The second kappa shape index (κ2) is 12.8. The Morgan fingerprint density at radius 3 is 2.83 bits per heavy atom. The molecule has 11 nitrogen and oxygen atoms in total.